The number of pyridine rings is 1. The molecule has 3 rings (SSSR count). The molecule has 0 fully saturated rings. The Morgan fingerprint density at radius 2 is 2.14 bits per heavy atom. The van der Waals surface area contributed by atoms with E-state index < -0.39 is 0 Å². The number of nitrogens with zero attached hydrogens (tertiary/aromatic N) is 4. The summed E-state index contributed by atoms with van der Waals surface area (Å²) >= 11 is 0. The van der Waals surface area contributed by atoms with Crippen molar-refractivity contribution in [1.29, 1.82) is 0 Å². The second kappa shape index (κ2) is 5.70. The molecule has 3 aromatic rings. The molecule has 0 amide bonds. The lowest BCUT2D eigenvalue weighted by atomic mass is 10.2. The average molecular weight is 283 g/mol. The van der Waals surface area contributed by atoms with E-state index in [2.05, 4.69) is 20.4 Å². The second-order valence-corrected chi connectivity index (χ2v) is 4.69. The van der Waals surface area contributed by atoms with E-state index in [0.29, 0.717) is 17.9 Å². The van der Waals surface area contributed by atoms with Crippen LogP contribution in [-0.2, 0) is 6.54 Å². The standard InChI is InChI=1S/C15H14FN5/c1-11-2-3-13(18-7-11)8-19-12-4-5-15(14(16)6-12)21-10-17-9-20-21/h2-7,9-10,19H,8H2,1H3. The van der Waals surface area contributed by atoms with Crippen molar-refractivity contribution in [2.75, 3.05) is 5.32 Å². The summed E-state index contributed by atoms with van der Waals surface area (Å²) in [6, 6.07) is 8.84. The van der Waals surface area contributed by atoms with Crippen molar-refractivity contribution < 1.29 is 4.39 Å². The maximum atomic E-state index is 14.0. The normalized spacial score (nSPS) is 10.6. The van der Waals surface area contributed by atoms with Gasteiger partial charge in [0, 0.05) is 11.9 Å². The topological polar surface area (TPSA) is 55.6 Å². The predicted octanol–water partition coefficient (Wildman–Crippen LogP) is 2.72. The summed E-state index contributed by atoms with van der Waals surface area (Å²) in [5.41, 5.74) is 3.08. The third-order valence-corrected chi connectivity index (χ3v) is 3.06. The van der Waals surface area contributed by atoms with Gasteiger partial charge in [-0.05, 0) is 36.8 Å². The summed E-state index contributed by atoms with van der Waals surface area (Å²) < 4.78 is 15.4. The van der Waals surface area contributed by atoms with Crippen LogP contribution in [0.1, 0.15) is 11.3 Å². The van der Waals surface area contributed by atoms with E-state index in [9.17, 15) is 4.39 Å². The van der Waals surface area contributed by atoms with E-state index in [0.717, 1.165) is 11.3 Å². The molecule has 2 aromatic heterocycles. The Morgan fingerprint density at radius 3 is 2.81 bits per heavy atom. The van der Waals surface area contributed by atoms with Crippen molar-refractivity contribution in [3.05, 3.63) is 66.3 Å². The number of hydrogen-bond donors (Lipinski definition) is 1. The summed E-state index contributed by atoms with van der Waals surface area (Å²) in [6.07, 6.45) is 4.64. The minimum absolute atomic E-state index is 0.359. The van der Waals surface area contributed by atoms with Gasteiger partial charge in [0.25, 0.3) is 0 Å². The van der Waals surface area contributed by atoms with Crippen molar-refractivity contribution >= 4 is 5.69 Å². The Balaban J connectivity index is 1.72. The van der Waals surface area contributed by atoms with Crippen LogP contribution in [0.2, 0.25) is 0 Å². The fourth-order valence-electron chi connectivity index (χ4n) is 1.93. The Morgan fingerprint density at radius 1 is 1.24 bits per heavy atom. The highest BCUT2D eigenvalue weighted by molar-refractivity contribution is 5.49. The third kappa shape index (κ3) is 3.05. The molecule has 0 radical (unpaired) electrons. The molecule has 21 heavy (non-hydrogen) atoms. The molecule has 0 saturated carbocycles. The zero-order chi connectivity index (χ0) is 14.7. The molecule has 0 unspecified atom stereocenters. The van der Waals surface area contributed by atoms with E-state index in [1.165, 1.54) is 23.4 Å². The van der Waals surface area contributed by atoms with Crippen LogP contribution in [0.4, 0.5) is 10.1 Å². The highest BCUT2D eigenvalue weighted by Crippen LogP contribution is 2.17. The highest BCUT2D eigenvalue weighted by Gasteiger charge is 2.06. The molecule has 0 aliphatic carbocycles. The van der Waals surface area contributed by atoms with Gasteiger partial charge in [0.2, 0.25) is 0 Å². The Kier molecular flexibility index (Phi) is 3.59. The van der Waals surface area contributed by atoms with Crippen molar-refractivity contribution in [3.63, 3.8) is 0 Å². The number of aryl methyl sites for hydroxylation is 1. The van der Waals surface area contributed by atoms with E-state index >= 15 is 0 Å². The van der Waals surface area contributed by atoms with Crippen molar-refractivity contribution in [1.82, 2.24) is 19.7 Å². The Bertz CT molecular complexity index is 722. The van der Waals surface area contributed by atoms with Gasteiger partial charge in [-0.3, -0.25) is 4.98 Å². The maximum absolute atomic E-state index is 14.0. The zero-order valence-electron chi connectivity index (χ0n) is 11.5. The number of hydrogen-bond acceptors (Lipinski definition) is 4. The molecule has 0 saturated heterocycles. The molecule has 2 heterocycles. The molecule has 0 spiro atoms. The SMILES string of the molecule is Cc1ccc(CNc2ccc(-n3cncn3)c(F)c2)nc1. The second-order valence-electron chi connectivity index (χ2n) is 4.69. The van der Waals surface area contributed by atoms with Crippen LogP contribution in [0.15, 0.2) is 49.2 Å². The quantitative estimate of drug-likeness (QED) is 0.800. The van der Waals surface area contributed by atoms with E-state index in [4.69, 9.17) is 0 Å². The predicted molar refractivity (Wildman–Crippen MR) is 77.6 cm³/mol. The van der Waals surface area contributed by atoms with Crippen LogP contribution in [0.25, 0.3) is 5.69 Å². The van der Waals surface area contributed by atoms with Crippen LogP contribution in [-0.4, -0.2) is 19.7 Å². The number of anilines is 1. The van der Waals surface area contributed by atoms with Gasteiger partial charge in [-0.1, -0.05) is 6.07 Å². The fraction of sp³-hybridized carbons (Fsp3) is 0.133. The third-order valence-electron chi connectivity index (χ3n) is 3.06. The smallest absolute Gasteiger partial charge is 0.150 e. The summed E-state index contributed by atoms with van der Waals surface area (Å²) in [5, 5.41) is 7.06. The van der Waals surface area contributed by atoms with Gasteiger partial charge in [0.15, 0.2) is 5.82 Å². The molecular formula is C15H14FN5. The lowest BCUT2D eigenvalue weighted by Crippen LogP contribution is -2.03. The first kappa shape index (κ1) is 13.2. The number of rotatable bonds is 4. The monoisotopic (exact) mass is 283 g/mol. The van der Waals surface area contributed by atoms with Gasteiger partial charge >= 0.3 is 0 Å². The van der Waals surface area contributed by atoms with Gasteiger partial charge < -0.3 is 5.32 Å². The molecule has 0 bridgehead atoms. The number of aromatic nitrogens is 4. The molecule has 0 aliphatic heterocycles. The van der Waals surface area contributed by atoms with Crippen LogP contribution in [0.5, 0.6) is 0 Å². The first-order valence-electron chi connectivity index (χ1n) is 6.52. The molecule has 1 N–H and O–H groups in total. The molecular weight excluding hydrogens is 269 g/mol. The summed E-state index contributed by atoms with van der Waals surface area (Å²) in [5.74, 6) is -0.359. The van der Waals surface area contributed by atoms with Gasteiger partial charge in [-0.15, -0.1) is 0 Å². The molecule has 106 valence electrons. The molecule has 1 aromatic carbocycles. The van der Waals surface area contributed by atoms with Crippen molar-refractivity contribution in [2.45, 2.75) is 13.5 Å². The zero-order valence-corrected chi connectivity index (χ0v) is 11.5. The number of benzene rings is 1. The van der Waals surface area contributed by atoms with Crippen LogP contribution in [0.3, 0.4) is 0 Å². The first-order valence-corrected chi connectivity index (χ1v) is 6.52. The van der Waals surface area contributed by atoms with Crippen molar-refractivity contribution in [3.8, 4) is 5.69 Å². The molecule has 0 aliphatic rings. The van der Waals surface area contributed by atoms with E-state index in [1.807, 2.05) is 25.3 Å². The molecule has 0 atom stereocenters. The maximum Gasteiger partial charge on any atom is 0.150 e. The van der Waals surface area contributed by atoms with Crippen LogP contribution < -0.4 is 5.32 Å². The number of nitrogens with one attached hydrogen (secondary N) is 1. The van der Waals surface area contributed by atoms with Gasteiger partial charge in [0.1, 0.15) is 18.3 Å². The molecule has 6 heteroatoms. The lowest BCUT2D eigenvalue weighted by Gasteiger charge is -2.08. The van der Waals surface area contributed by atoms with Gasteiger partial charge in [0.05, 0.1) is 12.2 Å². The largest absolute Gasteiger partial charge is 0.379 e. The average Bonchev–Trinajstić information content (AvgIpc) is 3.01. The van der Waals surface area contributed by atoms with Crippen molar-refractivity contribution in [2.24, 2.45) is 0 Å². The van der Waals surface area contributed by atoms with Gasteiger partial charge in [-0.2, -0.15) is 5.10 Å². The van der Waals surface area contributed by atoms with Gasteiger partial charge in [-0.25, -0.2) is 14.1 Å². The minimum atomic E-state index is -0.359. The lowest BCUT2D eigenvalue weighted by molar-refractivity contribution is 0.611. The Hall–Kier alpha value is -2.76. The van der Waals surface area contributed by atoms with Crippen LogP contribution in [0, 0.1) is 12.7 Å². The van der Waals surface area contributed by atoms with E-state index in [-0.39, 0.29) is 5.82 Å². The Labute approximate surface area is 121 Å². The summed E-state index contributed by atoms with van der Waals surface area (Å²) in [7, 11) is 0. The summed E-state index contributed by atoms with van der Waals surface area (Å²) in [6.45, 7) is 2.53. The van der Waals surface area contributed by atoms with E-state index in [1.54, 1.807) is 12.1 Å². The van der Waals surface area contributed by atoms with Crippen LogP contribution >= 0.6 is 0 Å². The number of halogens is 1. The highest BCUT2D eigenvalue weighted by atomic mass is 19.1. The molecule has 5 nitrogen and oxygen atoms in total. The minimum Gasteiger partial charge on any atom is -0.379 e. The summed E-state index contributed by atoms with van der Waals surface area (Å²) in [4.78, 5) is 8.10. The first-order chi connectivity index (χ1) is 10.2. The fourth-order valence-corrected chi connectivity index (χ4v) is 1.93.